The molecule has 0 aliphatic heterocycles. The molecule has 4 rings (SSSR count). The van der Waals surface area contributed by atoms with E-state index < -0.39 is 6.10 Å². The van der Waals surface area contributed by atoms with Crippen molar-refractivity contribution in [3.8, 4) is 0 Å². The third kappa shape index (κ3) is 2.08. The Morgan fingerprint density at radius 2 is 1.95 bits per heavy atom. The van der Waals surface area contributed by atoms with Gasteiger partial charge in [0.15, 0.2) is 0 Å². The molecule has 2 bridgehead atoms. The lowest BCUT2D eigenvalue weighted by Gasteiger charge is -2.32. The number of hydrogen-bond acceptors (Lipinski definition) is 3. The number of pyridine rings is 1. The van der Waals surface area contributed by atoms with Crippen LogP contribution in [0.2, 0.25) is 0 Å². The van der Waals surface area contributed by atoms with Gasteiger partial charge >= 0.3 is 0 Å². The minimum atomic E-state index is -0.406. The molecule has 0 radical (unpaired) electrons. The van der Waals surface area contributed by atoms with E-state index in [4.69, 9.17) is 0 Å². The number of aromatic nitrogens is 1. The average molecular weight is 272 g/mol. The van der Waals surface area contributed by atoms with Crippen LogP contribution in [0.1, 0.15) is 43.8 Å². The molecule has 6 unspecified atom stereocenters. The molecule has 0 spiro atoms. The summed E-state index contributed by atoms with van der Waals surface area (Å²) < 4.78 is 0. The number of nitrogens with zero attached hydrogens (tertiary/aromatic N) is 1. The summed E-state index contributed by atoms with van der Waals surface area (Å²) in [5.41, 5.74) is 0.967. The van der Waals surface area contributed by atoms with Crippen LogP contribution in [0.5, 0.6) is 0 Å². The van der Waals surface area contributed by atoms with Crippen molar-refractivity contribution in [2.24, 2.45) is 23.7 Å². The molecule has 1 heterocycles. The van der Waals surface area contributed by atoms with E-state index in [1.54, 1.807) is 12.4 Å². The molecule has 6 atom stereocenters. The molecule has 1 aromatic rings. The van der Waals surface area contributed by atoms with Gasteiger partial charge in [-0.1, -0.05) is 6.42 Å². The molecule has 20 heavy (non-hydrogen) atoms. The minimum absolute atomic E-state index is 0.406. The summed E-state index contributed by atoms with van der Waals surface area (Å²) in [6.07, 6.45) is 10.3. The first-order valence-corrected chi connectivity index (χ1v) is 8.14. The van der Waals surface area contributed by atoms with Crippen molar-refractivity contribution >= 4 is 0 Å². The molecule has 0 aromatic carbocycles. The summed E-state index contributed by atoms with van der Waals surface area (Å²) in [4.78, 5) is 4.00. The zero-order valence-electron chi connectivity index (χ0n) is 11.9. The first-order chi connectivity index (χ1) is 9.83. The minimum Gasteiger partial charge on any atom is -0.387 e. The van der Waals surface area contributed by atoms with Crippen LogP contribution in [-0.2, 0) is 0 Å². The van der Waals surface area contributed by atoms with Crippen molar-refractivity contribution in [1.82, 2.24) is 10.3 Å². The average Bonchev–Trinajstić information content (AvgIpc) is 3.17. The van der Waals surface area contributed by atoms with Crippen LogP contribution in [0, 0.1) is 23.7 Å². The van der Waals surface area contributed by atoms with Crippen LogP contribution < -0.4 is 5.32 Å². The second kappa shape index (κ2) is 5.12. The van der Waals surface area contributed by atoms with E-state index >= 15 is 0 Å². The monoisotopic (exact) mass is 272 g/mol. The highest BCUT2D eigenvalue weighted by Gasteiger charge is 2.53. The van der Waals surface area contributed by atoms with Crippen LogP contribution in [-0.4, -0.2) is 22.7 Å². The highest BCUT2D eigenvalue weighted by Crippen LogP contribution is 2.58. The summed E-state index contributed by atoms with van der Waals surface area (Å²) in [6, 6.07) is 4.45. The quantitative estimate of drug-likeness (QED) is 0.885. The topological polar surface area (TPSA) is 45.1 Å². The fourth-order valence-electron chi connectivity index (χ4n) is 5.27. The Bertz CT molecular complexity index is 463. The lowest BCUT2D eigenvalue weighted by atomic mass is 9.79. The summed E-state index contributed by atoms with van der Waals surface area (Å²) in [5.74, 6) is 3.90. The van der Waals surface area contributed by atoms with Gasteiger partial charge in [-0.25, -0.2) is 0 Å². The van der Waals surface area contributed by atoms with Gasteiger partial charge in [-0.2, -0.15) is 0 Å². The number of aliphatic hydroxyl groups excluding tert-OH is 1. The Morgan fingerprint density at radius 1 is 1.15 bits per heavy atom. The lowest BCUT2D eigenvalue weighted by molar-refractivity contribution is 0.149. The zero-order chi connectivity index (χ0) is 13.5. The molecule has 3 aliphatic rings. The van der Waals surface area contributed by atoms with Crippen molar-refractivity contribution in [2.45, 2.75) is 44.2 Å². The van der Waals surface area contributed by atoms with Crippen LogP contribution in [0.3, 0.4) is 0 Å². The number of aliphatic hydroxyl groups is 1. The number of hydrogen-bond donors (Lipinski definition) is 2. The van der Waals surface area contributed by atoms with Gasteiger partial charge in [0.25, 0.3) is 0 Å². The van der Waals surface area contributed by atoms with Crippen LogP contribution in [0.15, 0.2) is 24.5 Å². The van der Waals surface area contributed by atoms with E-state index in [2.05, 4.69) is 10.3 Å². The Labute approximate surface area is 120 Å². The molecule has 1 aromatic heterocycles. The van der Waals surface area contributed by atoms with Gasteiger partial charge < -0.3 is 10.4 Å². The van der Waals surface area contributed by atoms with Gasteiger partial charge in [0.05, 0.1) is 6.10 Å². The molecule has 0 saturated heterocycles. The molecule has 2 N–H and O–H groups in total. The molecule has 108 valence electrons. The van der Waals surface area contributed by atoms with Crippen molar-refractivity contribution in [1.29, 1.82) is 0 Å². The highest BCUT2D eigenvalue weighted by atomic mass is 16.3. The largest absolute Gasteiger partial charge is 0.387 e. The van der Waals surface area contributed by atoms with Crippen molar-refractivity contribution in [3.05, 3.63) is 30.1 Å². The third-order valence-corrected chi connectivity index (χ3v) is 6.09. The molecule has 3 aliphatic carbocycles. The van der Waals surface area contributed by atoms with Gasteiger partial charge in [-0.15, -0.1) is 0 Å². The fraction of sp³-hybridized carbons (Fsp3) is 0.706. The SMILES string of the molecule is OC(CNC1CC2CC1C1CCCC21)c1ccncc1. The Morgan fingerprint density at radius 3 is 2.80 bits per heavy atom. The Hall–Kier alpha value is -0.930. The van der Waals surface area contributed by atoms with Crippen LogP contribution in [0.4, 0.5) is 0 Å². The van der Waals surface area contributed by atoms with E-state index in [-0.39, 0.29) is 0 Å². The van der Waals surface area contributed by atoms with E-state index in [0.29, 0.717) is 12.6 Å². The van der Waals surface area contributed by atoms with E-state index in [9.17, 15) is 5.11 Å². The maximum Gasteiger partial charge on any atom is 0.0915 e. The van der Waals surface area contributed by atoms with Crippen molar-refractivity contribution in [2.75, 3.05) is 6.54 Å². The Kier molecular flexibility index (Phi) is 3.27. The first-order valence-electron chi connectivity index (χ1n) is 8.14. The van der Waals surface area contributed by atoms with Crippen molar-refractivity contribution < 1.29 is 5.11 Å². The third-order valence-electron chi connectivity index (χ3n) is 6.09. The van der Waals surface area contributed by atoms with Gasteiger partial charge in [0.1, 0.15) is 0 Å². The molecule has 3 fully saturated rings. The molecule has 3 saturated carbocycles. The van der Waals surface area contributed by atoms with Gasteiger partial charge in [-0.3, -0.25) is 4.98 Å². The molecule has 3 nitrogen and oxygen atoms in total. The predicted octanol–water partition coefficient (Wildman–Crippen LogP) is 2.53. The van der Waals surface area contributed by atoms with Crippen LogP contribution in [0.25, 0.3) is 0 Å². The van der Waals surface area contributed by atoms with E-state index in [1.165, 1.54) is 32.1 Å². The Balaban J connectivity index is 1.35. The smallest absolute Gasteiger partial charge is 0.0915 e. The molecular weight excluding hydrogens is 248 g/mol. The lowest BCUT2D eigenvalue weighted by Crippen LogP contribution is -2.41. The summed E-state index contributed by atoms with van der Waals surface area (Å²) in [6.45, 7) is 0.676. The highest BCUT2D eigenvalue weighted by molar-refractivity contribution is 5.13. The maximum atomic E-state index is 10.2. The number of fused-ring (bicyclic) bond motifs is 5. The predicted molar refractivity (Wildman–Crippen MR) is 78.0 cm³/mol. The second-order valence-corrected chi connectivity index (χ2v) is 6.97. The van der Waals surface area contributed by atoms with Gasteiger partial charge in [0.2, 0.25) is 0 Å². The number of nitrogens with one attached hydrogen (secondary N) is 1. The zero-order valence-corrected chi connectivity index (χ0v) is 11.9. The van der Waals surface area contributed by atoms with Gasteiger partial charge in [0, 0.05) is 25.0 Å². The summed E-state index contributed by atoms with van der Waals surface area (Å²) >= 11 is 0. The molecule has 3 heteroatoms. The molecular formula is C17H24N2O. The summed E-state index contributed by atoms with van der Waals surface area (Å²) in [5, 5.41) is 13.9. The van der Waals surface area contributed by atoms with Crippen molar-refractivity contribution in [3.63, 3.8) is 0 Å². The van der Waals surface area contributed by atoms with E-state index in [0.717, 1.165) is 29.2 Å². The normalized spacial score (nSPS) is 40.0. The number of rotatable bonds is 4. The fourth-order valence-corrected chi connectivity index (χ4v) is 5.27. The molecule has 0 amide bonds. The standard InChI is InChI=1S/C17H24N2O/c20-17(11-4-6-18-7-5-11)10-19-16-9-12-8-15(16)14-3-1-2-13(12)14/h4-7,12-17,19-20H,1-3,8-10H2. The van der Waals surface area contributed by atoms with E-state index in [1.807, 2.05) is 12.1 Å². The second-order valence-electron chi connectivity index (χ2n) is 6.97. The van der Waals surface area contributed by atoms with Gasteiger partial charge in [-0.05, 0) is 67.1 Å². The van der Waals surface area contributed by atoms with Crippen LogP contribution >= 0.6 is 0 Å². The maximum absolute atomic E-state index is 10.2. The first kappa shape index (κ1) is 12.8. The summed E-state index contributed by atoms with van der Waals surface area (Å²) in [7, 11) is 0.